The van der Waals surface area contributed by atoms with Gasteiger partial charge in [-0.25, -0.2) is 0 Å². The molecule has 0 saturated carbocycles. The summed E-state index contributed by atoms with van der Waals surface area (Å²) >= 11 is 0. The zero-order valence-corrected chi connectivity index (χ0v) is 8.18. The minimum absolute atomic E-state index is 0. The second-order valence-corrected chi connectivity index (χ2v) is 1.34. The maximum absolute atomic E-state index is 8.74. The molecule has 0 spiro atoms. The Bertz CT molecular complexity index is 95.7. The third-order valence-corrected chi connectivity index (χ3v) is 0. The van der Waals surface area contributed by atoms with Crippen molar-refractivity contribution in [2.75, 3.05) is 0 Å². The first kappa shape index (κ1) is 81.0. The Labute approximate surface area is 86.2 Å². The molecule has 0 unspecified atom stereocenters. The van der Waals surface area contributed by atoms with E-state index in [4.69, 9.17) is 17.5 Å². The van der Waals surface area contributed by atoms with Gasteiger partial charge in [0.15, 0.2) is 0 Å². The minimum Gasteiger partial charge on any atom is -0.412 e. The van der Waals surface area contributed by atoms with Crippen molar-refractivity contribution in [3.8, 4) is 0 Å². The molecule has 0 amide bonds. The van der Waals surface area contributed by atoms with Crippen LogP contribution in [-0.4, -0.2) is 44.9 Å². The Kier molecular flexibility index (Phi) is 202. The summed E-state index contributed by atoms with van der Waals surface area (Å²) in [5.41, 5.74) is 0. The van der Waals surface area contributed by atoms with Crippen molar-refractivity contribution in [2.45, 2.75) is 0 Å². The maximum atomic E-state index is 8.74. The molecule has 0 aromatic rings. The summed E-state index contributed by atoms with van der Waals surface area (Å²) in [6, 6.07) is 0. The molecule has 12 heavy (non-hydrogen) atoms. The van der Waals surface area contributed by atoms with Crippen molar-refractivity contribution in [2.24, 2.45) is 0 Å². The van der Waals surface area contributed by atoms with E-state index in [1.54, 1.807) is 0 Å². The standard InChI is InChI=1S/Cu.H2O4S.5H2O.H2S/c;1-5(2,3)4;;;;;;/h;(H2,1,2,3,4);6*1H2. The van der Waals surface area contributed by atoms with Gasteiger partial charge in [0.1, 0.15) is 0 Å². The van der Waals surface area contributed by atoms with Gasteiger partial charge in [-0.3, -0.25) is 9.11 Å². The Balaban J connectivity index is -0.00000000381. The summed E-state index contributed by atoms with van der Waals surface area (Å²) in [7, 11) is -4.67. The van der Waals surface area contributed by atoms with Crippen LogP contribution in [0.1, 0.15) is 0 Å². The summed E-state index contributed by atoms with van der Waals surface area (Å²) < 4.78 is 31.6. The zero-order valence-electron chi connectivity index (χ0n) is 5.42. The average Bonchev–Trinajstić information content (AvgIpc) is 0.722. The van der Waals surface area contributed by atoms with E-state index in [1.807, 2.05) is 0 Å². The molecule has 0 aliphatic carbocycles. The number of hydrogen-bond acceptors (Lipinski definition) is 2. The fourth-order valence-corrected chi connectivity index (χ4v) is 0. The Morgan fingerprint density at radius 3 is 0.750 bits per heavy atom. The Hall–Kier alpha value is 0.539. The molecule has 0 aromatic heterocycles. The van der Waals surface area contributed by atoms with Crippen molar-refractivity contribution in [1.82, 2.24) is 0 Å². The topological polar surface area (TPSA) is 232 Å². The van der Waals surface area contributed by atoms with Crippen LogP contribution in [0.25, 0.3) is 0 Å². The van der Waals surface area contributed by atoms with Crippen molar-refractivity contribution in [3.05, 3.63) is 0 Å². The normalized spacial score (nSPS) is 4.83. The summed E-state index contributed by atoms with van der Waals surface area (Å²) in [6.45, 7) is 0. The van der Waals surface area contributed by atoms with Gasteiger partial charge in [-0.1, -0.05) is 0 Å². The van der Waals surface area contributed by atoms with Crippen molar-refractivity contribution in [1.29, 1.82) is 0 Å². The van der Waals surface area contributed by atoms with Crippen molar-refractivity contribution in [3.63, 3.8) is 0 Å². The SMILES string of the molecule is O.O.O.O.O.O=S(=O)(O)O.S.[Cu]. The van der Waals surface area contributed by atoms with Gasteiger partial charge in [-0.05, 0) is 0 Å². The molecule has 12 N–H and O–H groups in total. The molecular formula is H14CuO9S2. The quantitative estimate of drug-likeness (QED) is 0.329. The number of rotatable bonds is 0. The van der Waals surface area contributed by atoms with E-state index in [0.717, 1.165) is 0 Å². The average molecular weight is 286 g/mol. The molecular weight excluding hydrogens is 272 g/mol. The van der Waals surface area contributed by atoms with E-state index in [1.165, 1.54) is 0 Å². The van der Waals surface area contributed by atoms with Crippen LogP contribution >= 0.6 is 13.5 Å². The monoisotopic (exact) mass is 285 g/mol. The van der Waals surface area contributed by atoms with Gasteiger partial charge < -0.3 is 27.4 Å². The Morgan fingerprint density at radius 1 is 0.750 bits per heavy atom. The van der Waals surface area contributed by atoms with Crippen LogP contribution in [0.2, 0.25) is 0 Å². The first-order valence-corrected chi connectivity index (χ1v) is 2.10. The second kappa shape index (κ2) is 30.0. The molecule has 0 saturated heterocycles. The fourth-order valence-electron chi connectivity index (χ4n) is 0. The van der Waals surface area contributed by atoms with Gasteiger partial charge in [0.05, 0.1) is 0 Å². The zero-order chi connectivity index (χ0) is 4.50. The van der Waals surface area contributed by atoms with Gasteiger partial charge in [0.25, 0.3) is 0 Å². The molecule has 0 fully saturated rings. The summed E-state index contributed by atoms with van der Waals surface area (Å²) in [5, 5.41) is 0. The van der Waals surface area contributed by atoms with Gasteiger partial charge in [-0.2, -0.15) is 21.9 Å². The van der Waals surface area contributed by atoms with E-state index in [-0.39, 0.29) is 57.9 Å². The molecule has 0 aliphatic heterocycles. The minimum atomic E-state index is -4.67. The molecule has 0 rings (SSSR count). The van der Waals surface area contributed by atoms with Crippen LogP contribution in [0, 0.1) is 0 Å². The van der Waals surface area contributed by atoms with Crippen LogP contribution in [0.15, 0.2) is 0 Å². The molecule has 1 radical (unpaired) electrons. The second-order valence-electron chi connectivity index (χ2n) is 0.448. The largest absolute Gasteiger partial charge is 0.412 e. The molecule has 0 heterocycles. The van der Waals surface area contributed by atoms with Gasteiger partial charge in [-0.15, -0.1) is 0 Å². The van der Waals surface area contributed by atoms with E-state index >= 15 is 0 Å². The van der Waals surface area contributed by atoms with Crippen LogP contribution in [0.5, 0.6) is 0 Å². The smallest absolute Gasteiger partial charge is 0.394 e. The fraction of sp³-hybridized carbons (Fsp3) is 0. The first-order chi connectivity index (χ1) is 2.00. The summed E-state index contributed by atoms with van der Waals surface area (Å²) in [6.07, 6.45) is 0. The molecule has 0 aromatic carbocycles. The summed E-state index contributed by atoms with van der Waals surface area (Å²) in [4.78, 5) is 0. The molecule has 0 atom stereocenters. The third kappa shape index (κ3) is 3300. The predicted octanol–water partition coefficient (Wildman–Crippen LogP) is -4.67. The van der Waals surface area contributed by atoms with Gasteiger partial charge in [0, 0.05) is 17.1 Å². The Morgan fingerprint density at radius 2 is 0.750 bits per heavy atom. The third-order valence-electron chi connectivity index (χ3n) is 0. The molecule has 0 aliphatic rings. The van der Waals surface area contributed by atoms with Crippen molar-refractivity contribution >= 4 is 23.9 Å². The van der Waals surface area contributed by atoms with Crippen LogP contribution in [-0.2, 0) is 27.5 Å². The van der Waals surface area contributed by atoms with E-state index in [2.05, 4.69) is 0 Å². The van der Waals surface area contributed by atoms with Crippen LogP contribution < -0.4 is 0 Å². The molecule has 0 bridgehead atoms. The van der Waals surface area contributed by atoms with Gasteiger partial charge >= 0.3 is 10.4 Å². The summed E-state index contributed by atoms with van der Waals surface area (Å²) in [5.74, 6) is 0. The molecule has 9 nitrogen and oxygen atoms in total. The van der Waals surface area contributed by atoms with E-state index in [9.17, 15) is 0 Å². The molecule has 91 valence electrons. The van der Waals surface area contributed by atoms with Crippen LogP contribution in [0.4, 0.5) is 0 Å². The van der Waals surface area contributed by atoms with E-state index < -0.39 is 10.4 Å². The van der Waals surface area contributed by atoms with E-state index in [0.29, 0.717) is 0 Å². The van der Waals surface area contributed by atoms with Crippen molar-refractivity contribution < 1.29 is 62.0 Å². The van der Waals surface area contributed by atoms with Crippen LogP contribution in [0.3, 0.4) is 0 Å². The first-order valence-electron chi connectivity index (χ1n) is 0.698. The maximum Gasteiger partial charge on any atom is 0.394 e. The predicted molar refractivity (Wildman–Crippen MR) is 42.6 cm³/mol. The number of hydrogen-bond donors (Lipinski definition) is 2. The van der Waals surface area contributed by atoms with Gasteiger partial charge in [0.2, 0.25) is 0 Å². The molecule has 12 heteroatoms.